The molecule has 2 aromatic heterocycles. The van der Waals surface area contributed by atoms with Crippen molar-refractivity contribution in [2.45, 2.75) is 5.16 Å². The van der Waals surface area contributed by atoms with Gasteiger partial charge in [-0.1, -0.05) is 17.8 Å². The topological polar surface area (TPSA) is 104 Å². The van der Waals surface area contributed by atoms with Crippen molar-refractivity contribution in [3.63, 3.8) is 0 Å². The molecular formula is C24H22N6O3S. The number of methoxy groups -OCH3 is 2. The van der Waals surface area contributed by atoms with Crippen LogP contribution in [0.4, 0.5) is 0 Å². The maximum absolute atomic E-state index is 12.3. The molecule has 34 heavy (non-hydrogen) atoms. The van der Waals surface area contributed by atoms with Gasteiger partial charge in [-0.2, -0.15) is 5.10 Å². The summed E-state index contributed by atoms with van der Waals surface area (Å²) in [4.78, 5) is 16.3. The minimum Gasteiger partial charge on any atom is -0.497 e. The average molecular weight is 475 g/mol. The van der Waals surface area contributed by atoms with Crippen LogP contribution in [0, 0.1) is 0 Å². The van der Waals surface area contributed by atoms with Crippen LogP contribution in [0.1, 0.15) is 5.56 Å². The second-order valence-corrected chi connectivity index (χ2v) is 7.88. The van der Waals surface area contributed by atoms with Gasteiger partial charge in [0.15, 0.2) is 11.0 Å². The first-order chi connectivity index (χ1) is 16.7. The zero-order valence-corrected chi connectivity index (χ0v) is 19.4. The van der Waals surface area contributed by atoms with Crippen LogP contribution in [-0.2, 0) is 4.79 Å². The summed E-state index contributed by atoms with van der Waals surface area (Å²) in [7, 11) is 3.24. The molecule has 0 saturated carbocycles. The van der Waals surface area contributed by atoms with Crippen LogP contribution in [0.15, 0.2) is 83.3 Å². The van der Waals surface area contributed by atoms with Crippen molar-refractivity contribution in [1.82, 2.24) is 25.2 Å². The molecule has 1 N–H and O–H groups in total. The lowest BCUT2D eigenvalue weighted by atomic mass is 10.2. The lowest BCUT2D eigenvalue weighted by Crippen LogP contribution is -2.20. The number of thioether (sulfide) groups is 1. The Bertz CT molecular complexity index is 1260. The van der Waals surface area contributed by atoms with Gasteiger partial charge < -0.3 is 9.47 Å². The summed E-state index contributed by atoms with van der Waals surface area (Å²) in [5, 5.41) is 13.3. The van der Waals surface area contributed by atoms with Gasteiger partial charge in [0.05, 0.1) is 26.2 Å². The second-order valence-electron chi connectivity index (χ2n) is 6.94. The lowest BCUT2D eigenvalue weighted by Gasteiger charge is -2.11. The van der Waals surface area contributed by atoms with E-state index in [9.17, 15) is 4.79 Å². The number of benzene rings is 2. The van der Waals surface area contributed by atoms with E-state index in [0.29, 0.717) is 11.0 Å². The number of pyridine rings is 1. The van der Waals surface area contributed by atoms with Crippen LogP contribution in [0.2, 0.25) is 0 Å². The summed E-state index contributed by atoms with van der Waals surface area (Å²) in [6.07, 6.45) is 4.87. The smallest absolute Gasteiger partial charge is 0.250 e. The van der Waals surface area contributed by atoms with Gasteiger partial charge in [-0.05, 0) is 54.6 Å². The zero-order chi connectivity index (χ0) is 23.8. The first-order valence-electron chi connectivity index (χ1n) is 10.3. The van der Waals surface area contributed by atoms with Crippen LogP contribution in [0.3, 0.4) is 0 Å². The van der Waals surface area contributed by atoms with Crippen LogP contribution in [0.25, 0.3) is 17.1 Å². The fourth-order valence-electron chi connectivity index (χ4n) is 3.05. The number of rotatable bonds is 9. The normalized spacial score (nSPS) is 10.9. The number of nitrogens with zero attached hydrogens (tertiary/aromatic N) is 5. The van der Waals surface area contributed by atoms with Gasteiger partial charge in [0.25, 0.3) is 5.91 Å². The van der Waals surface area contributed by atoms with Gasteiger partial charge >= 0.3 is 0 Å². The fraction of sp³-hybridized carbons (Fsp3) is 0.125. The minimum atomic E-state index is -0.264. The summed E-state index contributed by atoms with van der Waals surface area (Å²) in [5.41, 5.74) is 5.02. The second kappa shape index (κ2) is 11.1. The summed E-state index contributed by atoms with van der Waals surface area (Å²) < 4.78 is 12.4. The molecule has 172 valence electrons. The molecular weight excluding hydrogens is 452 g/mol. The molecule has 0 aliphatic carbocycles. The Balaban J connectivity index is 1.54. The summed E-state index contributed by atoms with van der Waals surface area (Å²) in [6.45, 7) is 0. The van der Waals surface area contributed by atoms with Crippen molar-refractivity contribution in [3.05, 3.63) is 78.6 Å². The van der Waals surface area contributed by atoms with Crippen molar-refractivity contribution < 1.29 is 14.3 Å². The van der Waals surface area contributed by atoms with E-state index in [-0.39, 0.29) is 11.7 Å². The quantitative estimate of drug-likeness (QED) is 0.225. The average Bonchev–Trinajstić information content (AvgIpc) is 3.32. The van der Waals surface area contributed by atoms with Gasteiger partial charge in [-0.15, -0.1) is 10.2 Å². The third kappa shape index (κ3) is 5.59. The molecule has 0 aliphatic rings. The highest BCUT2D eigenvalue weighted by molar-refractivity contribution is 7.99. The zero-order valence-electron chi connectivity index (χ0n) is 18.6. The van der Waals surface area contributed by atoms with Gasteiger partial charge in [0.1, 0.15) is 11.5 Å². The molecule has 0 bridgehead atoms. The van der Waals surface area contributed by atoms with Crippen molar-refractivity contribution in [3.8, 4) is 28.6 Å². The SMILES string of the molecule is COc1ccc(-c2nnc(SCC(=O)N/N=C/c3cccnc3)n2-c2ccc(OC)cc2)cc1. The number of ether oxygens (including phenoxy) is 2. The minimum absolute atomic E-state index is 0.112. The first-order valence-corrected chi connectivity index (χ1v) is 11.3. The number of carbonyl (C=O) groups is 1. The molecule has 2 aromatic carbocycles. The Labute approximate surface area is 200 Å². The molecule has 0 fully saturated rings. The predicted octanol–water partition coefficient (Wildman–Crippen LogP) is 3.59. The van der Waals surface area contributed by atoms with Gasteiger partial charge in [-0.3, -0.25) is 14.3 Å². The van der Waals surface area contributed by atoms with Crippen LogP contribution < -0.4 is 14.9 Å². The van der Waals surface area contributed by atoms with Crippen LogP contribution in [0.5, 0.6) is 11.5 Å². The van der Waals surface area contributed by atoms with E-state index in [0.717, 1.165) is 28.3 Å². The Morgan fingerprint density at radius 1 is 1.03 bits per heavy atom. The molecule has 0 atom stereocenters. The summed E-state index contributed by atoms with van der Waals surface area (Å²) >= 11 is 1.26. The third-order valence-corrected chi connectivity index (χ3v) is 5.66. The van der Waals surface area contributed by atoms with E-state index >= 15 is 0 Å². The molecule has 1 amide bonds. The molecule has 0 saturated heterocycles. The molecule has 0 spiro atoms. The standard InChI is InChI=1S/C24H22N6O3S/c1-32-20-9-5-18(6-10-20)23-28-29-24(30(23)19-7-11-21(33-2)12-8-19)34-16-22(31)27-26-15-17-4-3-13-25-14-17/h3-15H,16H2,1-2H3,(H,27,31)/b26-15+. The van der Waals surface area contributed by atoms with Crippen LogP contribution in [-0.4, -0.2) is 51.8 Å². The van der Waals surface area contributed by atoms with Crippen molar-refractivity contribution in [2.24, 2.45) is 5.10 Å². The number of carbonyl (C=O) groups excluding carboxylic acids is 1. The third-order valence-electron chi connectivity index (χ3n) is 4.73. The van der Waals surface area contributed by atoms with Crippen molar-refractivity contribution in [1.29, 1.82) is 0 Å². The number of hydrogen-bond donors (Lipinski definition) is 1. The van der Waals surface area contributed by atoms with E-state index in [1.807, 2.05) is 59.2 Å². The van der Waals surface area contributed by atoms with E-state index in [1.54, 1.807) is 32.7 Å². The highest BCUT2D eigenvalue weighted by atomic mass is 32.2. The summed E-state index contributed by atoms with van der Waals surface area (Å²) in [5.74, 6) is 1.98. The number of nitrogens with one attached hydrogen (secondary N) is 1. The number of aromatic nitrogens is 4. The maximum Gasteiger partial charge on any atom is 0.250 e. The first kappa shape index (κ1) is 23.0. The van der Waals surface area contributed by atoms with E-state index in [1.165, 1.54) is 18.0 Å². The van der Waals surface area contributed by atoms with Gasteiger partial charge in [0, 0.05) is 29.2 Å². The molecule has 0 radical (unpaired) electrons. The Morgan fingerprint density at radius 3 is 2.38 bits per heavy atom. The van der Waals surface area contributed by atoms with E-state index in [4.69, 9.17) is 9.47 Å². The Morgan fingerprint density at radius 2 is 1.74 bits per heavy atom. The number of hydrogen-bond acceptors (Lipinski definition) is 8. The lowest BCUT2D eigenvalue weighted by molar-refractivity contribution is -0.118. The molecule has 9 nitrogen and oxygen atoms in total. The Hall–Kier alpha value is -4.18. The van der Waals surface area contributed by atoms with Crippen molar-refractivity contribution in [2.75, 3.05) is 20.0 Å². The predicted molar refractivity (Wildman–Crippen MR) is 131 cm³/mol. The highest BCUT2D eigenvalue weighted by Gasteiger charge is 2.17. The molecule has 2 heterocycles. The highest BCUT2D eigenvalue weighted by Crippen LogP contribution is 2.29. The summed E-state index contributed by atoms with van der Waals surface area (Å²) in [6, 6.07) is 18.7. The van der Waals surface area contributed by atoms with Gasteiger partial charge in [0.2, 0.25) is 0 Å². The van der Waals surface area contributed by atoms with E-state index in [2.05, 4.69) is 25.7 Å². The largest absolute Gasteiger partial charge is 0.497 e. The van der Waals surface area contributed by atoms with Crippen LogP contribution >= 0.6 is 11.8 Å². The molecule has 4 aromatic rings. The number of hydrazone groups is 1. The molecule has 0 unspecified atom stereocenters. The molecule has 4 rings (SSSR count). The molecule has 10 heteroatoms. The fourth-order valence-corrected chi connectivity index (χ4v) is 3.79. The monoisotopic (exact) mass is 474 g/mol. The maximum atomic E-state index is 12.3. The van der Waals surface area contributed by atoms with Gasteiger partial charge in [-0.25, -0.2) is 5.43 Å². The Kier molecular flexibility index (Phi) is 7.51. The van der Waals surface area contributed by atoms with E-state index < -0.39 is 0 Å². The number of amides is 1. The molecule has 0 aliphatic heterocycles. The van der Waals surface area contributed by atoms with Crippen molar-refractivity contribution >= 4 is 23.9 Å².